The number of hydrogen-bond donors (Lipinski definition) is 0. The Hall–Kier alpha value is 0.350. The van der Waals surface area contributed by atoms with Crippen molar-refractivity contribution in [2.75, 3.05) is 5.75 Å². The van der Waals surface area contributed by atoms with E-state index in [9.17, 15) is 0 Å². The van der Waals surface area contributed by atoms with Gasteiger partial charge in [-0.1, -0.05) is 0 Å². The quantitative estimate of drug-likeness (QED) is 0.482. The number of hydrogen-bond acceptors (Lipinski definition) is 1. The molecule has 3 aliphatic rings. The molecule has 0 radical (unpaired) electrons. The van der Waals surface area contributed by atoms with E-state index in [1.807, 2.05) is 0 Å². The van der Waals surface area contributed by atoms with Crippen LogP contribution in [0.4, 0.5) is 0 Å². The fourth-order valence-corrected chi connectivity index (χ4v) is 3.22. The van der Waals surface area contributed by atoms with Gasteiger partial charge in [0.25, 0.3) is 0 Å². The standard InChI is InChI=1S/C7H12S/c1-3-7-4-2-6(1)5-8-7/h6-7H,1-5H2. The lowest BCUT2D eigenvalue weighted by Gasteiger charge is -2.34. The van der Waals surface area contributed by atoms with Gasteiger partial charge < -0.3 is 0 Å². The third kappa shape index (κ3) is 0.771. The molecule has 0 amide bonds. The first-order chi connectivity index (χ1) is 3.95. The van der Waals surface area contributed by atoms with Crippen LogP contribution in [0.5, 0.6) is 0 Å². The summed E-state index contributed by atoms with van der Waals surface area (Å²) in [5.41, 5.74) is 0. The SMILES string of the molecule is C1CC2CCC1CS2. The Bertz CT molecular complexity index is 59.4. The average Bonchev–Trinajstić information content (AvgIpc) is 1.92. The van der Waals surface area contributed by atoms with E-state index in [-0.39, 0.29) is 0 Å². The van der Waals surface area contributed by atoms with E-state index in [4.69, 9.17) is 0 Å². The number of thioether (sulfide) groups is 1. The predicted octanol–water partition coefficient (Wildman–Crippen LogP) is 2.29. The molecule has 0 N–H and O–H groups in total. The summed E-state index contributed by atoms with van der Waals surface area (Å²) < 4.78 is 0. The molecule has 1 aliphatic carbocycles. The van der Waals surface area contributed by atoms with Crippen molar-refractivity contribution in [3.63, 3.8) is 0 Å². The maximum atomic E-state index is 2.21. The van der Waals surface area contributed by atoms with E-state index in [1.54, 1.807) is 0 Å². The van der Waals surface area contributed by atoms with Crippen LogP contribution in [-0.2, 0) is 0 Å². The van der Waals surface area contributed by atoms with Gasteiger partial charge in [-0.15, -0.1) is 0 Å². The lowest BCUT2D eigenvalue weighted by atomic mass is 9.90. The van der Waals surface area contributed by atoms with Gasteiger partial charge in [-0.25, -0.2) is 0 Å². The van der Waals surface area contributed by atoms with Crippen LogP contribution in [0, 0.1) is 5.92 Å². The van der Waals surface area contributed by atoms with E-state index in [0.717, 1.165) is 11.2 Å². The molecule has 0 spiro atoms. The largest absolute Gasteiger partial charge is 0.158 e. The Morgan fingerprint density at radius 1 is 1.00 bits per heavy atom. The second-order valence-corrected chi connectivity index (χ2v) is 4.31. The monoisotopic (exact) mass is 128 g/mol. The second kappa shape index (κ2) is 1.94. The van der Waals surface area contributed by atoms with Gasteiger partial charge in [-0.2, -0.15) is 11.8 Å². The minimum atomic E-state index is 1.07. The summed E-state index contributed by atoms with van der Waals surface area (Å²) in [5.74, 6) is 2.59. The molecule has 2 aliphatic heterocycles. The molecule has 46 valence electrons. The van der Waals surface area contributed by atoms with Crippen molar-refractivity contribution in [2.45, 2.75) is 30.9 Å². The normalized spacial score (nSPS) is 45.0. The van der Waals surface area contributed by atoms with Crippen molar-refractivity contribution in [1.82, 2.24) is 0 Å². The summed E-state index contributed by atoms with van der Waals surface area (Å²) >= 11 is 2.21. The van der Waals surface area contributed by atoms with Crippen LogP contribution in [0.15, 0.2) is 0 Å². The molecule has 0 aromatic heterocycles. The smallest absolute Gasteiger partial charge is 0.00473 e. The fraction of sp³-hybridized carbons (Fsp3) is 1.00. The Kier molecular flexibility index (Phi) is 1.25. The van der Waals surface area contributed by atoms with Crippen LogP contribution in [0.25, 0.3) is 0 Å². The fourth-order valence-electron chi connectivity index (χ4n) is 1.74. The van der Waals surface area contributed by atoms with E-state index < -0.39 is 0 Å². The number of rotatable bonds is 0. The van der Waals surface area contributed by atoms with Crippen LogP contribution in [0.2, 0.25) is 0 Å². The molecule has 0 atom stereocenters. The summed E-state index contributed by atoms with van der Waals surface area (Å²) in [5, 5.41) is 1.07. The molecule has 2 heterocycles. The van der Waals surface area contributed by atoms with Crippen molar-refractivity contribution in [1.29, 1.82) is 0 Å². The molecule has 0 aromatic carbocycles. The molecule has 3 rings (SSSR count). The highest BCUT2D eigenvalue weighted by atomic mass is 32.2. The van der Waals surface area contributed by atoms with Crippen LogP contribution in [0.3, 0.4) is 0 Å². The van der Waals surface area contributed by atoms with E-state index >= 15 is 0 Å². The summed E-state index contributed by atoms with van der Waals surface area (Å²) in [6.07, 6.45) is 6.12. The summed E-state index contributed by atoms with van der Waals surface area (Å²) in [6, 6.07) is 0. The van der Waals surface area contributed by atoms with Gasteiger partial charge in [0, 0.05) is 5.25 Å². The van der Waals surface area contributed by atoms with E-state index in [1.165, 1.54) is 31.4 Å². The van der Waals surface area contributed by atoms with Crippen LogP contribution >= 0.6 is 11.8 Å². The highest BCUT2D eigenvalue weighted by molar-refractivity contribution is 8.00. The maximum absolute atomic E-state index is 2.21. The molecule has 0 nitrogen and oxygen atoms in total. The lowest BCUT2D eigenvalue weighted by molar-refractivity contribution is 0.379. The minimum absolute atomic E-state index is 1.07. The first-order valence-electron chi connectivity index (χ1n) is 3.57. The van der Waals surface area contributed by atoms with Crippen molar-refractivity contribution in [3.8, 4) is 0 Å². The van der Waals surface area contributed by atoms with Gasteiger partial charge in [0.1, 0.15) is 0 Å². The molecule has 1 saturated carbocycles. The van der Waals surface area contributed by atoms with Gasteiger partial charge >= 0.3 is 0 Å². The zero-order valence-electron chi connectivity index (χ0n) is 5.10. The third-order valence-corrected chi connectivity index (χ3v) is 3.97. The average molecular weight is 128 g/mol. The van der Waals surface area contributed by atoms with Crippen molar-refractivity contribution in [3.05, 3.63) is 0 Å². The highest BCUT2D eigenvalue weighted by Crippen LogP contribution is 2.40. The van der Waals surface area contributed by atoms with Crippen LogP contribution < -0.4 is 0 Å². The van der Waals surface area contributed by atoms with Crippen LogP contribution in [0.1, 0.15) is 25.7 Å². The van der Waals surface area contributed by atoms with Crippen molar-refractivity contribution < 1.29 is 0 Å². The van der Waals surface area contributed by atoms with Gasteiger partial charge in [0.15, 0.2) is 0 Å². The Balaban J connectivity index is 2.03. The van der Waals surface area contributed by atoms with Gasteiger partial charge in [0.05, 0.1) is 0 Å². The first kappa shape index (κ1) is 5.16. The Labute approximate surface area is 55.0 Å². The van der Waals surface area contributed by atoms with Crippen molar-refractivity contribution >= 4 is 11.8 Å². The van der Waals surface area contributed by atoms with Crippen molar-refractivity contribution in [2.24, 2.45) is 5.92 Å². The lowest BCUT2D eigenvalue weighted by Crippen LogP contribution is -2.25. The molecule has 2 saturated heterocycles. The molecule has 0 aromatic rings. The molecule has 3 fully saturated rings. The zero-order valence-corrected chi connectivity index (χ0v) is 5.91. The van der Waals surface area contributed by atoms with Gasteiger partial charge in [-0.05, 0) is 37.4 Å². The minimum Gasteiger partial charge on any atom is -0.158 e. The molecular formula is C7H12S. The van der Waals surface area contributed by atoms with Gasteiger partial charge in [0.2, 0.25) is 0 Å². The Morgan fingerprint density at radius 2 is 1.75 bits per heavy atom. The summed E-state index contributed by atoms with van der Waals surface area (Å²) in [6.45, 7) is 0. The predicted molar refractivity (Wildman–Crippen MR) is 38.2 cm³/mol. The Morgan fingerprint density at radius 3 is 1.88 bits per heavy atom. The molecule has 0 unspecified atom stereocenters. The molecule has 1 heteroatoms. The molecular weight excluding hydrogens is 116 g/mol. The highest BCUT2D eigenvalue weighted by Gasteiger charge is 2.27. The third-order valence-electron chi connectivity index (χ3n) is 2.36. The first-order valence-corrected chi connectivity index (χ1v) is 4.61. The van der Waals surface area contributed by atoms with E-state index in [2.05, 4.69) is 11.8 Å². The van der Waals surface area contributed by atoms with Crippen LogP contribution in [-0.4, -0.2) is 11.0 Å². The van der Waals surface area contributed by atoms with Gasteiger partial charge in [-0.3, -0.25) is 0 Å². The topological polar surface area (TPSA) is 0 Å². The maximum Gasteiger partial charge on any atom is 0.00473 e. The molecule has 8 heavy (non-hydrogen) atoms. The number of fused-ring (bicyclic) bond motifs is 3. The van der Waals surface area contributed by atoms with E-state index in [0.29, 0.717) is 0 Å². The summed E-state index contributed by atoms with van der Waals surface area (Å²) in [7, 11) is 0. The zero-order chi connectivity index (χ0) is 5.40. The molecule has 2 bridgehead atoms. The summed E-state index contributed by atoms with van der Waals surface area (Å²) in [4.78, 5) is 0. The second-order valence-electron chi connectivity index (χ2n) is 2.98.